The van der Waals surface area contributed by atoms with Crippen molar-refractivity contribution in [2.75, 3.05) is 18.6 Å². The Balaban J connectivity index is 2.65. The first kappa shape index (κ1) is 32.1. The molecular formula is C28H32F4N2O6. The molecule has 0 saturated heterocycles. The van der Waals surface area contributed by atoms with Crippen molar-refractivity contribution < 1.29 is 46.2 Å². The van der Waals surface area contributed by atoms with Gasteiger partial charge in [0.2, 0.25) is 0 Å². The van der Waals surface area contributed by atoms with Crippen molar-refractivity contribution in [3.63, 3.8) is 0 Å². The minimum atomic E-state index is -5.46. The zero-order chi connectivity index (χ0) is 30.3. The highest BCUT2D eigenvalue weighted by molar-refractivity contribution is 6.02. The van der Waals surface area contributed by atoms with Crippen molar-refractivity contribution in [2.24, 2.45) is 0 Å². The number of hydrogen-bond donors (Lipinski definition) is 1. The van der Waals surface area contributed by atoms with E-state index in [-0.39, 0.29) is 29.1 Å². The van der Waals surface area contributed by atoms with E-state index in [9.17, 15) is 27.6 Å². The summed E-state index contributed by atoms with van der Waals surface area (Å²) >= 11 is 0. The fourth-order valence-corrected chi connectivity index (χ4v) is 3.63. The van der Waals surface area contributed by atoms with Gasteiger partial charge in [-0.25, -0.2) is 9.18 Å². The number of alkyl halides is 3. The van der Waals surface area contributed by atoms with Crippen LogP contribution in [0.5, 0.6) is 5.75 Å². The molecular weight excluding hydrogens is 536 g/mol. The Morgan fingerprint density at radius 3 is 2.27 bits per heavy atom. The van der Waals surface area contributed by atoms with Crippen LogP contribution < -0.4 is 15.0 Å². The molecule has 12 heteroatoms. The molecule has 2 amide bonds. The van der Waals surface area contributed by atoms with E-state index in [0.29, 0.717) is 5.56 Å². The molecule has 40 heavy (non-hydrogen) atoms. The Kier molecular flexibility index (Phi) is 10.7. The van der Waals surface area contributed by atoms with Crippen LogP contribution in [0.3, 0.4) is 0 Å². The van der Waals surface area contributed by atoms with Gasteiger partial charge in [0.1, 0.15) is 30.2 Å². The molecule has 2 rings (SSSR count). The highest BCUT2D eigenvalue weighted by Gasteiger charge is 2.45. The number of alkyl carbamates (subject to hydrolysis) is 1. The first-order valence-corrected chi connectivity index (χ1v) is 12.2. The monoisotopic (exact) mass is 568 g/mol. The molecule has 0 heterocycles. The number of esters is 1. The van der Waals surface area contributed by atoms with Gasteiger partial charge in [-0.3, -0.25) is 14.5 Å². The molecule has 0 saturated carbocycles. The molecule has 1 atom stereocenters. The molecule has 1 N–H and O–H groups in total. The molecule has 2 aromatic rings. The summed E-state index contributed by atoms with van der Waals surface area (Å²) in [6.07, 6.45) is -5.22. The number of carbonyl (C=O) groups excluding carboxylic acids is 3. The van der Waals surface area contributed by atoms with Gasteiger partial charge < -0.3 is 19.5 Å². The van der Waals surface area contributed by atoms with Crippen molar-refractivity contribution in [2.45, 2.75) is 58.5 Å². The maximum absolute atomic E-state index is 16.2. The quantitative estimate of drug-likeness (QED) is 0.298. The van der Waals surface area contributed by atoms with Crippen LogP contribution in [0.15, 0.2) is 43.0 Å². The summed E-state index contributed by atoms with van der Waals surface area (Å²) in [7, 11) is 0.915. The SMILES string of the molecule is C=Cc1cc(OCc2ccccc2)c(N(CC(=O)OC)C(=O)C(F)(F)F)c(F)c1CC(C)NC(=O)OC(C)(C)C. The molecule has 0 radical (unpaired) electrons. The predicted octanol–water partition coefficient (Wildman–Crippen LogP) is 5.57. The molecule has 0 aliphatic heterocycles. The highest BCUT2D eigenvalue weighted by atomic mass is 19.4. The lowest BCUT2D eigenvalue weighted by molar-refractivity contribution is -0.171. The van der Waals surface area contributed by atoms with Crippen LogP contribution in [-0.4, -0.2) is 49.4 Å². The fourth-order valence-electron chi connectivity index (χ4n) is 3.63. The van der Waals surface area contributed by atoms with E-state index in [1.807, 2.05) is 0 Å². The molecule has 2 aromatic carbocycles. The van der Waals surface area contributed by atoms with Gasteiger partial charge in [0, 0.05) is 6.04 Å². The first-order chi connectivity index (χ1) is 18.6. The molecule has 0 fully saturated rings. The Morgan fingerprint density at radius 1 is 1.12 bits per heavy atom. The Hall–Kier alpha value is -4.09. The number of anilines is 1. The van der Waals surface area contributed by atoms with Gasteiger partial charge in [-0.15, -0.1) is 0 Å². The van der Waals surface area contributed by atoms with Crippen LogP contribution in [-0.2, 0) is 32.1 Å². The summed E-state index contributed by atoms with van der Waals surface area (Å²) < 4.78 is 72.4. The predicted molar refractivity (Wildman–Crippen MR) is 140 cm³/mol. The topological polar surface area (TPSA) is 94.2 Å². The maximum Gasteiger partial charge on any atom is 0.471 e. The Bertz CT molecular complexity index is 1230. The van der Waals surface area contributed by atoms with E-state index in [0.717, 1.165) is 7.11 Å². The third-order valence-electron chi connectivity index (χ3n) is 5.34. The second-order valence-corrected chi connectivity index (χ2v) is 9.80. The van der Waals surface area contributed by atoms with Crippen LogP contribution in [0.2, 0.25) is 0 Å². The lowest BCUT2D eigenvalue weighted by Gasteiger charge is -2.28. The lowest BCUT2D eigenvalue weighted by Crippen LogP contribution is -2.45. The highest BCUT2D eigenvalue weighted by Crippen LogP contribution is 2.39. The van der Waals surface area contributed by atoms with Crippen molar-refractivity contribution in [3.8, 4) is 5.75 Å². The van der Waals surface area contributed by atoms with Gasteiger partial charge in [-0.05, 0) is 56.9 Å². The number of rotatable bonds is 10. The number of nitrogens with one attached hydrogen (secondary N) is 1. The van der Waals surface area contributed by atoms with E-state index >= 15 is 4.39 Å². The number of amides is 2. The summed E-state index contributed by atoms with van der Waals surface area (Å²) in [5.41, 5.74) is -1.15. The van der Waals surface area contributed by atoms with E-state index in [2.05, 4.69) is 16.6 Å². The van der Waals surface area contributed by atoms with Crippen LogP contribution in [0, 0.1) is 5.82 Å². The normalized spacial score (nSPS) is 12.2. The van der Waals surface area contributed by atoms with E-state index in [1.165, 1.54) is 19.1 Å². The van der Waals surface area contributed by atoms with Crippen LogP contribution in [0.25, 0.3) is 6.08 Å². The van der Waals surface area contributed by atoms with Gasteiger partial charge >= 0.3 is 24.1 Å². The molecule has 0 bridgehead atoms. The van der Waals surface area contributed by atoms with Crippen LogP contribution in [0.4, 0.5) is 28.0 Å². The molecule has 218 valence electrons. The van der Waals surface area contributed by atoms with Gasteiger partial charge in [0.15, 0.2) is 5.82 Å². The summed E-state index contributed by atoms with van der Waals surface area (Å²) in [4.78, 5) is 36.6. The summed E-state index contributed by atoms with van der Waals surface area (Å²) in [6, 6.07) is 8.96. The number of ether oxygens (including phenoxy) is 3. The van der Waals surface area contributed by atoms with Gasteiger partial charge in [-0.2, -0.15) is 13.2 Å². The average Bonchev–Trinajstić information content (AvgIpc) is 2.85. The molecule has 8 nitrogen and oxygen atoms in total. The van der Waals surface area contributed by atoms with E-state index < -0.39 is 59.6 Å². The summed E-state index contributed by atoms with van der Waals surface area (Å²) in [5, 5.41) is 2.53. The Labute approximate surface area is 229 Å². The minimum Gasteiger partial charge on any atom is -0.487 e. The van der Waals surface area contributed by atoms with Crippen LogP contribution in [0.1, 0.15) is 44.4 Å². The number of benzene rings is 2. The standard InChI is InChI=1S/C28H32F4N2O6/c1-7-19-14-21(39-16-18-11-9-8-10-12-18)24(34(15-22(35)38-6)25(36)28(30,31)32)23(29)20(19)13-17(2)33-26(37)40-27(3,4)5/h7-12,14,17H,1,13,15-16H2,2-6H3,(H,33,37). The number of methoxy groups -OCH3 is 1. The largest absolute Gasteiger partial charge is 0.487 e. The molecule has 0 aliphatic rings. The zero-order valence-electron chi connectivity index (χ0n) is 22.9. The zero-order valence-corrected chi connectivity index (χ0v) is 22.9. The number of hydrogen-bond acceptors (Lipinski definition) is 6. The molecule has 0 aromatic heterocycles. The lowest BCUT2D eigenvalue weighted by atomic mass is 9.97. The van der Waals surface area contributed by atoms with E-state index in [1.54, 1.807) is 51.1 Å². The Morgan fingerprint density at radius 2 is 1.75 bits per heavy atom. The number of carbonyl (C=O) groups is 3. The van der Waals surface area contributed by atoms with Crippen molar-refractivity contribution in [3.05, 3.63) is 65.5 Å². The van der Waals surface area contributed by atoms with Crippen molar-refractivity contribution >= 4 is 29.7 Å². The third kappa shape index (κ3) is 8.99. The number of nitrogens with zero attached hydrogens (tertiary/aromatic N) is 1. The second kappa shape index (κ2) is 13.3. The van der Waals surface area contributed by atoms with Crippen LogP contribution >= 0.6 is 0 Å². The van der Waals surface area contributed by atoms with E-state index in [4.69, 9.17) is 9.47 Å². The number of halogens is 4. The first-order valence-electron chi connectivity index (χ1n) is 12.2. The van der Waals surface area contributed by atoms with Gasteiger partial charge in [0.25, 0.3) is 0 Å². The van der Waals surface area contributed by atoms with Crippen molar-refractivity contribution in [1.82, 2.24) is 5.32 Å². The molecule has 0 aliphatic carbocycles. The average molecular weight is 569 g/mol. The third-order valence-corrected chi connectivity index (χ3v) is 5.34. The fraction of sp³-hybridized carbons (Fsp3) is 0.393. The summed E-state index contributed by atoms with van der Waals surface area (Å²) in [5.74, 6) is -5.42. The molecule has 0 spiro atoms. The maximum atomic E-state index is 16.2. The molecule has 1 unspecified atom stereocenters. The van der Waals surface area contributed by atoms with Crippen molar-refractivity contribution in [1.29, 1.82) is 0 Å². The van der Waals surface area contributed by atoms with Gasteiger partial charge in [0.05, 0.1) is 7.11 Å². The smallest absolute Gasteiger partial charge is 0.471 e. The van der Waals surface area contributed by atoms with Gasteiger partial charge in [-0.1, -0.05) is 43.0 Å². The minimum absolute atomic E-state index is 0.0657. The second-order valence-electron chi connectivity index (χ2n) is 9.80. The summed E-state index contributed by atoms with van der Waals surface area (Å²) in [6.45, 7) is 8.71.